The number of halogens is 1. The van der Waals surface area contributed by atoms with Crippen molar-refractivity contribution in [3.05, 3.63) is 35.4 Å². The van der Waals surface area contributed by atoms with Crippen molar-refractivity contribution in [3.63, 3.8) is 0 Å². The lowest BCUT2D eigenvalue weighted by atomic mass is 10.0. The summed E-state index contributed by atoms with van der Waals surface area (Å²) >= 11 is 5.68. The Morgan fingerprint density at radius 2 is 2.15 bits per heavy atom. The molecule has 0 fully saturated rings. The molecule has 0 heterocycles. The zero-order valence-corrected chi connectivity index (χ0v) is 8.17. The molecule has 0 amide bonds. The van der Waals surface area contributed by atoms with E-state index in [0.29, 0.717) is 11.8 Å². The summed E-state index contributed by atoms with van der Waals surface area (Å²) in [5, 5.41) is 9.91. The molecule has 1 aliphatic rings. The first-order valence-electron chi connectivity index (χ1n) is 4.64. The maximum absolute atomic E-state index is 9.91. The predicted octanol–water partition coefficient (Wildman–Crippen LogP) is 2.52. The van der Waals surface area contributed by atoms with Crippen LogP contribution in [0.4, 0.5) is 0 Å². The van der Waals surface area contributed by atoms with E-state index in [9.17, 15) is 5.11 Å². The van der Waals surface area contributed by atoms with Gasteiger partial charge in [-0.25, -0.2) is 0 Å². The van der Waals surface area contributed by atoms with E-state index in [-0.39, 0.29) is 6.10 Å². The molecule has 0 saturated heterocycles. The van der Waals surface area contributed by atoms with Gasteiger partial charge in [0, 0.05) is 5.88 Å². The Morgan fingerprint density at radius 3 is 2.85 bits per heavy atom. The molecule has 1 aromatic carbocycles. The molecule has 1 aromatic rings. The Bertz CT molecular complexity index is 298. The van der Waals surface area contributed by atoms with Crippen LogP contribution in [0.25, 0.3) is 0 Å². The van der Waals surface area contributed by atoms with Crippen molar-refractivity contribution < 1.29 is 5.11 Å². The summed E-state index contributed by atoms with van der Waals surface area (Å²) in [6, 6.07) is 8.10. The standard InChI is InChI=1S/C11H13ClO/c12-6-5-9-7-8-3-1-2-4-10(8)11(9)13/h1-4,9,11,13H,5-7H2. The fraction of sp³-hybridized carbons (Fsp3) is 0.455. The predicted molar refractivity (Wildman–Crippen MR) is 53.9 cm³/mol. The van der Waals surface area contributed by atoms with Gasteiger partial charge in [-0.2, -0.15) is 0 Å². The number of rotatable bonds is 2. The number of alkyl halides is 1. The Morgan fingerprint density at radius 1 is 1.38 bits per heavy atom. The molecule has 13 heavy (non-hydrogen) atoms. The van der Waals surface area contributed by atoms with Crippen molar-refractivity contribution in [2.24, 2.45) is 5.92 Å². The molecular formula is C11H13ClO. The van der Waals surface area contributed by atoms with Gasteiger partial charge in [-0.3, -0.25) is 0 Å². The van der Waals surface area contributed by atoms with Gasteiger partial charge in [0.25, 0.3) is 0 Å². The summed E-state index contributed by atoms with van der Waals surface area (Å²) in [4.78, 5) is 0. The van der Waals surface area contributed by atoms with E-state index < -0.39 is 0 Å². The lowest BCUT2D eigenvalue weighted by molar-refractivity contribution is 0.121. The van der Waals surface area contributed by atoms with Crippen LogP contribution in [0.1, 0.15) is 23.7 Å². The van der Waals surface area contributed by atoms with Crippen LogP contribution in [0, 0.1) is 5.92 Å². The third-order valence-corrected chi connectivity index (χ3v) is 3.00. The van der Waals surface area contributed by atoms with Gasteiger partial charge in [0.05, 0.1) is 6.10 Å². The van der Waals surface area contributed by atoms with Gasteiger partial charge < -0.3 is 5.11 Å². The number of benzene rings is 1. The maximum Gasteiger partial charge on any atom is 0.0824 e. The zero-order chi connectivity index (χ0) is 9.26. The summed E-state index contributed by atoms with van der Waals surface area (Å²) in [6.45, 7) is 0. The fourth-order valence-electron chi connectivity index (χ4n) is 2.06. The van der Waals surface area contributed by atoms with Crippen LogP contribution < -0.4 is 0 Å². The maximum atomic E-state index is 9.91. The van der Waals surface area contributed by atoms with Gasteiger partial charge >= 0.3 is 0 Å². The second kappa shape index (κ2) is 3.69. The minimum Gasteiger partial charge on any atom is -0.388 e. The van der Waals surface area contributed by atoms with E-state index in [4.69, 9.17) is 11.6 Å². The van der Waals surface area contributed by atoms with Crippen LogP contribution in [0.5, 0.6) is 0 Å². The highest BCUT2D eigenvalue weighted by molar-refractivity contribution is 6.17. The van der Waals surface area contributed by atoms with Crippen molar-refractivity contribution in [2.45, 2.75) is 18.9 Å². The molecular weight excluding hydrogens is 184 g/mol. The molecule has 2 atom stereocenters. The molecule has 0 radical (unpaired) electrons. The molecule has 1 aliphatic carbocycles. The molecule has 0 saturated carbocycles. The largest absolute Gasteiger partial charge is 0.388 e. The first-order chi connectivity index (χ1) is 6.33. The van der Waals surface area contributed by atoms with Crippen molar-refractivity contribution >= 4 is 11.6 Å². The van der Waals surface area contributed by atoms with Crippen molar-refractivity contribution in [3.8, 4) is 0 Å². The molecule has 1 nitrogen and oxygen atoms in total. The number of hydrogen-bond acceptors (Lipinski definition) is 1. The van der Waals surface area contributed by atoms with Crippen molar-refractivity contribution in [2.75, 3.05) is 5.88 Å². The minimum atomic E-state index is -0.296. The average molecular weight is 197 g/mol. The van der Waals surface area contributed by atoms with Crippen molar-refractivity contribution in [1.82, 2.24) is 0 Å². The van der Waals surface area contributed by atoms with Gasteiger partial charge in [0.15, 0.2) is 0 Å². The van der Waals surface area contributed by atoms with Crippen LogP contribution in [-0.4, -0.2) is 11.0 Å². The molecule has 2 unspecified atom stereocenters. The number of fused-ring (bicyclic) bond motifs is 1. The summed E-state index contributed by atoms with van der Waals surface area (Å²) in [7, 11) is 0. The second-order valence-electron chi connectivity index (χ2n) is 3.59. The SMILES string of the molecule is OC1c2ccccc2CC1CCCl. The normalized spacial score (nSPS) is 26.0. The van der Waals surface area contributed by atoms with Crippen LogP contribution >= 0.6 is 11.6 Å². The zero-order valence-electron chi connectivity index (χ0n) is 7.41. The highest BCUT2D eigenvalue weighted by Crippen LogP contribution is 2.37. The first kappa shape index (κ1) is 9.04. The van der Waals surface area contributed by atoms with Crippen LogP contribution in [0.2, 0.25) is 0 Å². The third kappa shape index (κ3) is 1.59. The van der Waals surface area contributed by atoms with Gasteiger partial charge in [-0.1, -0.05) is 24.3 Å². The molecule has 2 rings (SSSR count). The quantitative estimate of drug-likeness (QED) is 0.721. The van der Waals surface area contributed by atoms with E-state index in [0.717, 1.165) is 18.4 Å². The van der Waals surface area contributed by atoms with Crippen LogP contribution in [0.3, 0.4) is 0 Å². The first-order valence-corrected chi connectivity index (χ1v) is 5.18. The Labute approximate surface area is 83.3 Å². The molecule has 1 N–H and O–H groups in total. The van der Waals surface area contributed by atoms with E-state index in [1.807, 2.05) is 18.2 Å². The minimum absolute atomic E-state index is 0.296. The Hall–Kier alpha value is -0.530. The summed E-state index contributed by atoms with van der Waals surface area (Å²) in [5.74, 6) is 0.963. The second-order valence-corrected chi connectivity index (χ2v) is 3.96. The number of aliphatic hydroxyl groups is 1. The lowest BCUT2D eigenvalue weighted by Gasteiger charge is -2.12. The summed E-state index contributed by atoms with van der Waals surface area (Å²) < 4.78 is 0. The monoisotopic (exact) mass is 196 g/mol. The van der Waals surface area contributed by atoms with Crippen molar-refractivity contribution in [1.29, 1.82) is 0 Å². The Kier molecular flexibility index (Phi) is 2.56. The van der Waals surface area contributed by atoms with Gasteiger partial charge in [-0.05, 0) is 29.9 Å². The van der Waals surface area contributed by atoms with Gasteiger partial charge in [0.2, 0.25) is 0 Å². The van der Waals surface area contributed by atoms with Crippen LogP contribution in [0.15, 0.2) is 24.3 Å². The van der Waals surface area contributed by atoms with E-state index in [1.165, 1.54) is 5.56 Å². The van der Waals surface area contributed by atoms with Gasteiger partial charge in [-0.15, -0.1) is 11.6 Å². The Balaban J connectivity index is 2.22. The van der Waals surface area contributed by atoms with Crippen LogP contribution in [-0.2, 0) is 6.42 Å². The molecule has 0 aromatic heterocycles. The molecule has 0 aliphatic heterocycles. The smallest absolute Gasteiger partial charge is 0.0824 e. The topological polar surface area (TPSA) is 20.2 Å². The number of aliphatic hydroxyl groups excluding tert-OH is 1. The van der Waals surface area contributed by atoms with Gasteiger partial charge in [0.1, 0.15) is 0 Å². The third-order valence-electron chi connectivity index (χ3n) is 2.78. The molecule has 0 bridgehead atoms. The van der Waals surface area contributed by atoms with E-state index in [1.54, 1.807) is 0 Å². The highest BCUT2D eigenvalue weighted by atomic mass is 35.5. The summed E-state index contributed by atoms with van der Waals surface area (Å²) in [6.07, 6.45) is 1.58. The molecule has 0 spiro atoms. The summed E-state index contributed by atoms with van der Waals surface area (Å²) in [5.41, 5.74) is 2.38. The molecule has 2 heteroatoms. The molecule has 70 valence electrons. The van der Waals surface area contributed by atoms with E-state index in [2.05, 4.69) is 6.07 Å². The lowest BCUT2D eigenvalue weighted by Crippen LogP contribution is -2.07. The fourth-order valence-corrected chi connectivity index (χ4v) is 2.34. The number of hydrogen-bond donors (Lipinski definition) is 1. The van der Waals surface area contributed by atoms with E-state index >= 15 is 0 Å². The average Bonchev–Trinajstić information content (AvgIpc) is 2.46. The highest BCUT2D eigenvalue weighted by Gasteiger charge is 2.29.